The molecule has 5 heteroatoms. The fourth-order valence-electron chi connectivity index (χ4n) is 6.70. The molecular formula is C39H37NO4. The van der Waals surface area contributed by atoms with Gasteiger partial charge in [0.1, 0.15) is 0 Å². The number of aryl methyl sites for hydroxylation is 1. The Labute approximate surface area is 257 Å². The molecule has 0 bridgehead atoms. The molecule has 1 aromatic heterocycles. The van der Waals surface area contributed by atoms with Crippen LogP contribution in [-0.2, 0) is 30.9 Å². The number of nitrogens with two attached hydrogens (primary N) is 1. The quantitative estimate of drug-likeness (QED) is 0.189. The van der Waals surface area contributed by atoms with Gasteiger partial charge in [-0.25, -0.2) is 4.79 Å². The molecule has 6 aromatic rings. The van der Waals surface area contributed by atoms with Gasteiger partial charge in [-0.2, -0.15) is 0 Å². The first kappa shape index (κ1) is 29.5. The molecule has 0 fully saturated rings. The maximum atomic E-state index is 10.5. The summed E-state index contributed by atoms with van der Waals surface area (Å²) < 4.78 is 10.8. The standard InChI is InChI=1S/C34H33NO2.C5H4O2/c35-19-26-11-5-7-13-29(26)30-16-14-24-15-17-31-28-12-6-4-10-25(28)18-27(20-36)34(31)33(24)32(30)22-37-21-23-8-2-1-3-9-23;6-5-3-1-2-4-7-5/h1-13,15,17-18,30,32,36H,14,16,19-22,35H2;1-4H. The molecule has 222 valence electrons. The van der Waals surface area contributed by atoms with Gasteiger partial charge < -0.3 is 20.0 Å². The van der Waals surface area contributed by atoms with E-state index >= 15 is 0 Å². The first-order valence-corrected chi connectivity index (χ1v) is 15.2. The summed E-state index contributed by atoms with van der Waals surface area (Å²) in [4.78, 5) is 10.1. The van der Waals surface area contributed by atoms with Gasteiger partial charge in [0.25, 0.3) is 0 Å². The highest BCUT2D eigenvalue weighted by molar-refractivity contribution is 6.10. The molecular weight excluding hydrogens is 546 g/mol. The molecule has 7 rings (SSSR count). The van der Waals surface area contributed by atoms with Crippen molar-refractivity contribution in [1.82, 2.24) is 0 Å². The van der Waals surface area contributed by atoms with E-state index in [4.69, 9.17) is 10.5 Å². The largest absolute Gasteiger partial charge is 0.431 e. The minimum Gasteiger partial charge on any atom is -0.431 e. The van der Waals surface area contributed by atoms with Crippen LogP contribution in [0.2, 0.25) is 0 Å². The highest BCUT2D eigenvalue weighted by Gasteiger charge is 2.34. The first-order chi connectivity index (χ1) is 21.7. The monoisotopic (exact) mass is 583 g/mol. The van der Waals surface area contributed by atoms with Gasteiger partial charge in [0.2, 0.25) is 0 Å². The first-order valence-electron chi connectivity index (χ1n) is 15.2. The van der Waals surface area contributed by atoms with Crippen molar-refractivity contribution in [2.24, 2.45) is 5.73 Å². The summed E-state index contributed by atoms with van der Waals surface area (Å²) in [6, 6.07) is 38.8. The molecule has 0 saturated heterocycles. The summed E-state index contributed by atoms with van der Waals surface area (Å²) in [6.07, 6.45) is 3.40. The average molecular weight is 584 g/mol. The molecule has 0 saturated carbocycles. The Morgan fingerprint density at radius 3 is 2.34 bits per heavy atom. The predicted octanol–water partition coefficient (Wildman–Crippen LogP) is 7.61. The van der Waals surface area contributed by atoms with E-state index in [9.17, 15) is 9.90 Å². The van der Waals surface area contributed by atoms with Crippen molar-refractivity contribution in [3.8, 4) is 0 Å². The highest BCUT2D eigenvalue weighted by atomic mass is 16.5. The molecule has 3 N–H and O–H groups in total. The van der Waals surface area contributed by atoms with Crippen molar-refractivity contribution in [1.29, 1.82) is 0 Å². The maximum Gasteiger partial charge on any atom is 0.335 e. The van der Waals surface area contributed by atoms with Crippen molar-refractivity contribution < 1.29 is 14.3 Å². The number of aliphatic hydroxyl groups excluding tert-OH is 1. The Hall–Kier alpha value is -4.55. The van der Waals surface area contributed by atoms with Gasteiger partial charge >= 0.3 is 5.63 Å². The Kier molecular flexibility index (Phi) is 9.28. The van der Waals surface area contributed by atoms with Gasteiger partial charge in [-0.1, -0.05) is 97.1 Å². The maximum absolute atomic E-state index is 10.5. The number of rotatable bonds is 7. The molecule has 0 aliphatic heterocycles. The van der Waals surface area contributed by atoms with Crippen LogP contribution >= 0.6 is 0 Å². The minimum atomic E-state index is -0.303. The predicted molar refractivity (Wildman–Crippen MR) is 177 cm³/mol. The van der Waals surface area contributed by atoms with E-state index < -0.39 is 0 Å². The summed E-state index contributed by atoms with van der Waals surface area (Å²) in [5, 5.41) is 15.3. The Morgan fingerprint density at radius 1 is 0.818 bits per heavy atom. The van der Waals surface area contributed by atoms with Crippen LogP contribution in [0.25, 0.3) is 21.5 Å². The zero-order chi connectivity index (χ0) is 30.3. The Balaban J connectivity index is 0.000000433. The third-order valence-electron chi connectivity index (χ3n) is 8.68. The topological polar surface area (TPSA) is 85.7 Å². The lowest BCUT2D eigenvalue weighted by Gasteiger charge is -2.36. The average Bonchev–Trinajstić information content (AvgIpc) is 3.08. The lowest BCUT2D eigenvalue weighted by Crippen LogP contribution is -2.25. The van der Waals surface area contributed by atoms with Gasteiger partial charge in [-0.3, -0.25) is 0 Å². The van der Waals surface area contributed by atoms with E-state index in [1.807, 2.05) is 6.07 Å². The van der Waals surface area contributed by atoms with Crippen LogP contribution < -0.4 is 11.4 Å². The minimum absolute atomic E-state index is 0.0133. The Morgan fingerprint density at radius 2 is 1.59 bits per heavy atom. The lowest BCUT2D eigenvalue weighted by atomic mass is 9.69. The van der Waals surface area contributed by atoms with Crippen molar-refractivity contribution in [2.45, 2.75) is 44.4 Å². The molecule has 1 aliphatic rings. The third-order valence-corrected chi connectivity index (χ3v) is 8.68. The van der Waals surface area contributed by atoms with Gasteiger partial charge in [-0.05, 0) is 85.8 Å². The second-order valence-electron chi connectivity index (χ2n) is 11.3. The molecule has 2 unspecified atom stereocenters. The van der Waals surface area contributed by atoms with Crippen molar-refractivity contribution in [3.05, 3.63) is 165 Å². The van der Waals surface area contributed by atoms with E-state index in [1.165, 1.54) is 56.3 Å². The van der Waals surface area contributed by atoms with Crippen molar-refractivity contribution >= 4 is 21.5 Å². The normalized spacial score (nSPS) is 15.9. The van der Waals surface area contributed by atoms with E-state index in [2.05, 4.69) is 95.4 Å². The van der Waals surface area contributed by atoms with Crippen LogP contribution in [-0.4, -0.2) is 11.7 Å². The van der Waals surface area contributed by atoms with Crippen molar-refractivity contribution in [2.75, 3.05) is 6.61 Å². The Bertz CT molecular complexity index is 1900. The summed E-state index contributed by atoms with van der Waals surface area (Å²) >= 11 is 0. The molecule has 5 nitrogen and oxygen atoms in total. The summed E-state index contributed by atoms with van der Waals surface area (Å²) in [5.41, 5.74) is 13.3. The smallest absolute Gasteiger partial charge is 0.335 e. The second kappa shape index (κ2) is 13.8. The molecule has 1 heterocycles. The van der Waals surface area contributed by atoms with E-state index in [1.54, 1.807) is 12.1 Å². The van der Waals surface area contributed by atoms with E-state index in [0.29, 0.717) is 25.7 Å². The highest BCUT2D eigenvalue weighted by Crippen LogP contribution is 2.48. The fraction of sp³-hybridized carbons (Fsp3) is 0.205. The SMILES string of the molecule is NCc1ccccc1C1CCc2ccc3c(c(CO)cc4ccccc43)c2C1COCc1ccccc1.O=c1cccco1. The molecule has 1 aliphatic carbocycles. The van der Waals surface area contributed by atoms with Crippen LogP contribution in [0.3, 0.4) is 0 Å². The molecule has 44 heavy (non-hydrogen) atoms. The van der Waals surface area contributed by atoms with Crippen LogP contribution in [0.4, 0.5) is 0 Å². The molecule has 0 spiro atoms. The van der Waals surface area contributed by atoms with Gasteiger partial charge in [-0.15, -0.1) is 0 Å². The number of ether oxygens (including phenoxy) is 1. The lowest BCUT2D eigenvalue weighted by molar-refractivity contribution is 0.0973. The zero-order valence-electron chi connectivity index (χ0n) is 24.7. The summed E-state index contributed by atoms with van der Waals surface area (Å²) in [7, 11) is 0. The number of benzene rings is 5. The van der Waals surface area contributed by atoms with Gasteiger partial charge in [0, 0.05) is 18.5 Å². The van der Waals surface area contributed by atoms with Crippen molar-refractivity contribution in [3.63, 3.8) is 0 Å². The van der Waals surface area contributed by atoms with Crippen LogP contribution in [0.1, 0.15) is 51.6 Å². The van der Waals surface area contributed by atoms with E-state index in [0.717, 1.165) is 23.8 Å². The molecule has 2 atom stereocenters. The van der Waals surface area contributed by atoms with Gasteiger partial charge in [0.15, 0.2) is 0 Å². The number of hydrogen-bond acceptors (Lipinski definition) is 5. The van der Waals surface area contributed by atoms with Crippen LogP contribution in [0.15, 0.2) is 131 Å². The molecule has 5 aromatic carbocycles. The summed E-state index contributed by atoms with van der Waals surface area (Å²) in [6.45, 7) is 1.74. The van der Waals surface area contributed by atoms with E-state index in [-0.39, 0.29) is 18.2 Å². The molecule has 0 radical (unpaired) electrons. The number of hydrogen-bond donors (Lipinski definition) is 2. The van der Waals surface area contributed by atoms with Crippen LogP contribution in [0.5, 0.6) is 0 Å². The number of aliphatic hydroxyl groups is 1. The second-order valence-corrected chi connectivity index (χ2v) is 11.3. The summed E-state index contributed by atoms with van der Waals surface area (Å²) in [5.74, 6) is 0.460. The van der Waals surface area contributed by atoms with Crippen LogP contribution in [0, 0.1) is 0 Å². The van der Waals surface area contributed by atoms with Gasteiger partial charge in [0.05, 0.1) is 26.1 Å². The molecule has 0 amide bonds. The number of fused-ring (bicyclic) bond motifs is 5. The fourth-order valence-corrected chi connectivity index (χ4v) is 6.70. The zero-order valence-corrected chi connectivity index (χ0v) is 24.7. The third kappa shape index (κ3) is 6.22.